The molecule has 1 aliphatic heterocycles. The number of nitrogens with zero attached hydrogens (tertiary/aromatic N) is 5. The Hall–Kier alpha value is -3.60. The fraction of sp³-hybridized carbons (Fsp3) is 0.478. The van der Waals surface area contributed by atoms with Crippen LogP contribution in [0.25, 0.3) is 0 Å². The van der Waals surface area contributed by atoms with Crippen LogP contribution in [-0.2, 0) is 11.3 Å². The predicted molar refractivity (Wildman–Crippen MR) is 117 cm³/mol. The molecule has 3 aromatic rings. The minimum atomic E-state index is -1.13. The molecule has 1 saturated carbocycles. The third-order valence-corrected chi connectivity index (χ3v) is 6.12. The SMILES string of the molecule is Cc1nc(C2CC2)ncc1C(=O)NC(CC1CCCO1)c1cn(Cc2ccc(C(=O)O)o2)nn1. The van der Waals surface area contributed by atoms with E-state index in [0.29, 0.717) is 41.7 Å². The summed E-state index contributed by atoms with van der Waals surface area (Å²) in [6, 6.07) is 2.57. The second-order valence-corrected chi connectivity index (χ2v) is 8.81. The van der Waals surface area contributed by atoms with Gasteiger partial charge in [-0.15, -0.1) is 5.10 Å². The molecule has 3 aromatic heterocycles. The van der Waals surface area contributed by atoms with E-state index in [4.69, 9.17) is 14.3 Å². The zero-order valence-corrected chi connectivity index (χ0v) is 18.8. The third kappa shape index (κ3) is 4.98. The average Bonchev–Trinajstić information content (AvgIpc) is 3.17. The quantitative estimate of drug-likeness (QED) is 0.486. The lowest BCUT2D eigenvalue weighted by molar-refractivity contribution is 0.0659. The molecule has 0 aromatic carbocycles. The van der Waals surface area contributed by atoms with Crippen molar-refractivity contribution in [3.63, 3.8) is 0 Å². The Bertz CT molecular complexity index is 1190. The van der Waals surface area contributed by atoms with Crippen molar-refractivity contribution in [2.75, 3.05) is 6.61 Å². The Balaban J connectivity index is 1.32. The van der Waals surface area contributed by atoms with Crippen molar-refractivity contribution in [1.82, 2.24) is 30.3 Å². The smallest absolute Gasteiger partial charge is 0.371 e. The number of carboxylic acids is 1. The van der Waals surface area contributed by atoms with Crippen LogP contribution in [0.2, 0.25) is 0 Å². The van der Waals surface area contributed by atoms with Crippen LogP contribution >= 0.6 is 0 Å². The van der Waals surface area contributed by atoms with Crippen LogP contribution in [-0.4, -0.2) is 54.7 Å². The van der Waals surface area contributed by atoms with Crippen molar-refractivity contribution in [2.45, 2.75) is 63.6 Å². The Morgan fingerprint density at radius 3 is 2.82 bits per heavy atom. The highest BCUT2D eigenvalue weighted by Gasteiger charge is 2.29. The van der Waals surface area contributed by atoms with Gasteiger partial charge >= 0.3 is 5.97 Å². The van der Waals surface area contributed by atoms with Crippen molar-refractivity contribution in [2.24, 2.45) is 0 Å². The summed E-state index contributed by atoms with van der Waals surface area (Å²) in [6.45, 7) is 2.75. The fourth-order valence-corrected chi connectivity index (χ4v) is 4.12. The normalized spacial score (nSPS) is 18.7. The maximum absolute atomic E-state index is 13.1. The van der Waals surface area contributed by atoms with Crippen LogP contribution < -0.4 is 5.32 Å². The molecule has 2 unspecified atom stereocenters. The van der Waals surface area contributed by atoms with Crippen molar-refractivity contribution in [3.05, 3.63) is 58.8 Å². The number of hydrogen-bond acceptors (Lipinski definition) is 8. The highest BCUT2D eigenvalue weighted by molar-refractivity contribution is 5.95. The third-order valence-electron chi connectivity index (χ3n) is 6.12. The number of aromatic nitrogens is 5. The second-order valence-electron chi connectivity index (χ2n) is 8.81. The molecule has 11 heteroatoms. The van der Waals surface area contributed by atoms with E-state index < -0.39 is 12.0 Å². The van der Waals surface area contributed by atoms with Crippen molar-refractivity contribution >= 4 is 11.9 Å². The standard InChI is InChI=1S/C23H26N6O5/c1-13-17(10-24-21(25-13)14-4-5-14)22(30)26-18(9-15-3-2-8-33-15)19-12-29(28-27-19)11-16-6-7-20(34-16)23(31)32/h6-7,10,12,14-15,18H,2-5,8-9,11H2,1H3,(H,26,30)(H,31,32). The molecule has 2 fully saturated rings. The number of furan rings is 1. The number of carboxylic acid groups (broad SMARTS) is 1. The van der Waals surface area contributed by atoms with Gasteiger partial charge < -0.3 is 19.6 Å². The van der Waals surface area contributed by atoms with Crippen LogP contribution in [0.15, 0.2) is 28.9 Å². The number of nitrogens with one attached hydrogen (secondary N) is 1. The van der Waals surface area contributed by atoms with E-state index in [1.54, 1.807) is 23.1 Å². The average molecular weight is 466 g/mol. The highest BCUT2D eigenvalue weighted by atomic mass is 16.5. The van der Waals surface area contributed by atoms with E-state index in [1.807, 2.05) is 6.92 Å². The topological polar surface area (TPSA) is 145 Å². The highest BCUT2D eigenvalue weighted by Crippen LogP contribution is 2.38. The molecule has 5 rings (SSSR count). The van der Waals surface area contributed by atoms with Crippen molar-refractivity contribution < 1.29 is 23.8 Å². The summed E-state index contributed by atoms with van der Waals surface area (Å²) in [6.07, 6.45) is 8.01. The van der Waals surface area contributed by atoms with Gasteiger partial charge in [-0.25, -0.2) is 19.4 Å². The number of ether oxygens (including phenoxy) is 1. The summed E-state index contributed by atoms with van der Waals surface area (Å²) in [5, 5.41) is 20.5. The molecule has 1 saturated heterocycles. The minimum absolute atomic E-state index is 0.0215. The maximum atomic E-state index is 13.1. The maximum Gasteiger partial charge on any atom is 0.371 e. The summed E-state index contributed by atoms with van der Waals surface area (Å²) in [5.41, 5.74) is 1.67. The Labute approximate surface area is 195 Å². The molecule has 1 aliphatic carbocycles. The molecule has 0 radical (unpaired) electrons. The number of carbonyl (C=O) groups is 2. The number of carbonyl (C=O) groups excluding carboxylic acids is 1. The van der Waals surface area contributed by atoms with Gasteiger partial charge in [-0.1, -0.05) is 5.21 Å². The van der Waals surface area contributed by atoms with Gasteiger partial charge in [0.05, 0.1) is 29.6 Å². The summed E-state index contributed by atoms with van der Waals surface area (Å²) >= 11 is 0. The lowest BCUT2D eigenvalue weighted by Crippen LogP contribution is -2.32. The fourth-order valence-electron chi connectivity index (χ4n) is 4.12. The van der Waals surface area contributed by atoms with Crippen molar-refractivity contribution in [3.8, 4) is 0 Å². The van der Waals surface area contributed by atoms with Gasteiger partial charge in [-0.2, -0.15) is 0 Å². The summed E-state index contributed by atoms with van der Waals surface area (Å²) in [7, 11) is 0. The zero-order valence-electron chi connectivity index (χ0n) is 18.8. The lowest BCUT2D eigenvalue weighted by Gasteiger charge is -2.20. The first-order chi connectivity index (χ1) is 16.5. The van der Waals surface area contributed by atoms with E-state index in [1.165, 1.54) is 6.07 Å². The summed E-state index contributed by atoms with van der Waals surface area (Å²) in [4.78, 5) is 33.1. The second kappa shape index (κ2) is 9.34. The lowest BCUT2D eigenvalue weighted by atomic mass is 10.0. The molecule has 11 nitrogen and oxygen atoms in total. The largest absolute Gasteiger partial charge is 0.475 e. The van der Waals surface area contributed by atoms with Gasteiger partial charge in [0.1, 0.15) is 23.8 Å². The molecule has 178 valence electrons. The Morgan fingerprint density at radius 2 is 2.15 bits per heavy atom. The number of aromatic carboxylic acids is 1. The summed E-state index contributed by atoms with van der Waals surface area (Å²) in [5.74, 6) is 0.126. The molecule has 2 N–H and O–H groups in total. The first-order valence-corrected chi connectivity index (χ1v) is 11.4. The number of aryl methyl sites for hydroxylation is 1. The molecule has 0 bridgehead atoms. The Morgan fingerprint density at radius 1 is 1.29 bits per heavy atom. The van der Waals surface area contributed by atoms with E-state index in [-0.39, 0.29) is 24.3 Å². The van der Waals surface area contributed by atoms with Crippen molar-refractivity contribution in [1.29, 1.82) is 0 Å². The first-order valence-electron chi connectivity index (χ1n) is 11.4. The molecule has 2 atom stereocenters. The van der Waals surface area contributed by atoms with Gasteiger partial charge in [0.25, 0.3) is 5.91 Å². The van der Waals surface area contributed by atoms with E-state index >= 15 is 0 Å². The molecular formula is C23H26N6O5. The van der Waals surface area contributed by atoms with Crippen LogP contribution in [0.3, 0.4) is 0 Å². The molecular weight excluding hydrogens is 440 g/mol. The Kier molecular flexibility index (Phi) is 6.10. The predicted octanol–water partition coefficient (Wildman–Crippen LogP) is 2.63. The summed E-state index contributed by atoms with van der Waals surface area (Å²) < 4.78 is 12.6. The first kappa shape index (κ1) is 22.2. The van der Waals surface area contributed by atoms with Gasteiger partial charge in [-0.05, 0) is 51.2 Å². The molecule has 0 spiro atoms. The number of amides is 1. The van der Waals surface area contributed by atoms with E-state index in [9.17, 15) is 9.59 Å². The molecule has 1 amide bonds. The van der Waals surface area contributed by atoms with E-state index in [0.717, 1.165) is 31.5 Å². The van der Waals surface area contributed by atoms with Crippen LogP contribution in [0, 0.1) is 6.92 Å². The zero-order chi connectivity index (χ0) is 23.7. The van der Waals surface area contributed by atoms with Crippen LogP contribution in [0.4, 0.5) is 0 Å². The molecule has 4 heterocycles. The van der Waals surface area contributed by atoms with Crippen LogP contribution in [0.1, 0.15) is 87.9 Å². The molecule has 2 aliphatic rings. The number of hydrogen-bond donors (Lipinski definition) is 2. The van der Waals surface area contributed by atoms with Gasteiger partial charge in [0.15, 0.2) is 0 Å². The van der Waals surface area contributed by atoms with E-state index in [2.05, 4.69) is 25.6 Å². The van der Waals surface area contributed by atoms with Gasteiger partial charge in [-0.3, -0.25) is 4.79 Å². The van der Waals surface area contributed by atoms with Gasteiger partial charge in [0.2, 0.25) is 5.76 Å². The van der Waals surface area contributed by atoms with Crippen LogP contribution in [0.5, 0.6) is 0 Å². The monoisotopic (exact) mass is 466 g/mol. The minimum Gasteiger partial charge on any atom is -0.475 e. The number of rotatable bonds is 9. The molecule has 34 heavy (non-hydrogen) atoms. The van der Waals surface area contributed by atoms with Gasteiger partial charge in [0, 0.05) is 18.7 Å².